The van der Waals surface area contributed by atoms with Gasteiger partial charge in [-0.1, -0.05) is 47.6 Å². The van der Waals surface area contributed by atoms with Crippen molar-refractivity contribution in [3.63, 3.8) is 0 Å². The number of carbonyl (C=O) groups excluding carboxylic acids is 1. The molecule has 1 amide bonds. The quantitative estimate of drug-likeness (QED) is 0.348. The number of fused-ring (bicyclic) bond motifs is 1. The van der Waals surface area contributed by atoms with Crippen molar-refractivity contribution in [2.75, 3.05) is 5.75 Å². The average molecular weight is 457 g/mol. The molecule has 0 unspecified atom stereocenters. The zero-order chi connectivity index (χ0) is 21.8. The van der Waals surface area contributed by atoms with Crippen LogP contribution in [0.3, 0.4) is 0 Å². The van der Waals surface area contributed by atoms with E-state index in [9.17, 15) is 14.7 Å². The van der Waals surface area contributed by atoms with Crippen molar-refractivity contribution in [2.24, 2.45) is 0 Å². The maximum atomic E-state index is 12.4. The van der Waals surface area contributed by atoms with E-state index in [1.54, 1.807) is 30.5 Å². The Balaban J connectivity index is 1.41. The predicted octanol–water partition coefficient (Wildman–Crippen LogP) is 2.70. The van der Waals surface area contributed by atoms with E-state index in [1.807, 2.05) is 24.3 Å². The summed E-state index contributed by atoms with van der Waals surface area (Å²) < 4.78 is 1.46. The van der Waals surface area contributed by atoms with E-state index in [2.05, 4.69) is 25.8 Å². The third-order valence-corrected chi connectivity index (χ3v) is 5.71. The van der Waals surface area contributed by atoms with E-state index < -0.39 is 17.9 Å². The van der Waals surface area contributed by atoms with Crippen LogP contribution < -0.4 is 5.32 Å². The lowest BCUT2D eigenvalue weighted by atomic mass is 10.1. The molecule has 0 saturated heterocycles. The summed E-state index contributed by atoms with van der Waals surface area (Å²) >= 11 is 7.11. The van der Waals surface area contributed by atoms with Crippen molar-refractivity contribution in [3.8, 4) is 5.69 Å². The number of carboxylic acids is 1. The number of nitrogens with zero attached hydrogens (tertiary/aromatic N) is 4. The van der Waals surface area contributed by atoms with E-state index in [-0.39, 0.29) is 12.2 Å². The lowest BCUT2D eigenvalue weighted by Crippen LogP contribution is -2.43. The van der Waals surface area contributed by atoms with Gasteiger partial charge in [0.25, 0.3) is 0 Å². The third-order valence-electron chi connectivity index (χ3n) is 4.56. The number of benzene rings is 2. The Morgan fingerprint density at radius 1 is 1.23 bits per heavy atom. The maximum Gasteiger partial charge on any atom is 0.326 e. The number of aromatic amines is 1. The number of hydrogen-bond acceptors (Lipinski definition) is 6. The molecule has 0 aliphatic carbocycles. The zero-order valence-corrected chi connectivity index (χ0v) is 17.6. The fourth-order valence-corrected chi connectivity index (χ4v) is 4.01. The van der Waals surface area contributed by atoms with Crippen molar-refractivity contribution in [3.05, 3.63) is 65.3 Å². The lowest BCUT2D eigenvalue weighted by Gasteiger charge is -2.14. The Morgan fingerprint density at radius 3 is 2.87 bits per heavy atom. The third kappa shape index (κ3) is 4.86. The van der Waals surface area contributed by atoms with Crippen molar-refractivity contribution in [1.82, 2.24) is 30.5 Å². The van der Waals surface area contributed by atoms with Crippen LogP contribution in [0.4, 0.5) is 0 Å². The molecule has 2 heterocycles. The number of halogens is 1. The molecule has 1 atom stereocenters. The second-order valence-corrected chi connectivity index (χ2v) is 8.04. The van der Waals surface area contributed by atoms with Crippen LogP contribution in [0.2, 0.25) is 5.02 Å². The van der Waals surface area contributed by atoms with Crippen LogP contribution in [0.15, 0.2) is 59.9 Å². The van der Waals surface area contributed by atoms with E-state index in [0.717, 1.165) is 28.2 Å². The Hall–Kier alpha value is -3.37. The average Bonchev–Trinajstić information content (AvgIpc) is 3.39. The van der Waals surface area contributed by atoms with Crippen LogP contribution in [-0.4, -0.2) is 54.0 Å². The standard InChI is InChI=1S/C20H17ClN6O3S/c21-13-4-3-5-14(9-13)27-20(24-25-26-27)31-11-18(28)23-17(19(29)30)8-12-10-22-16-7-2-1-6-15(12)16/h1-7,9-10,17,22H,8,11H2,(H,23,28)(H,29,30)/t17-/m0/s1. The summed E-state index contributed by atoms with van der Waals surface area (Å²) in [7, 11) is 0. The summed E-state index contributed by atoms with van der Waals surface area (Å²) in [6, 6.07) is 13.5. The molecule has 4 rings (SSSR count). The van der Waals surface area contributed by atoms with E-state index >= 15 is 0 Å². The van der Waals surface area contributed by atoms with Crippen molar-refractivity contribution in [1.29, 1.82) is 0 Å². The normalized spacial score (nSPS) is 12.0. The van der Waals surface area contributed by atoms with Gasteiger partial charge < -0.3 is 15.4 Å². The van der Waals surface area contributed by atoms with E-state index in [1.165, 1.54) is 4.68 Å². The largest absolute Gasteiger partial charge is 0.480 e. The highest BCUT2D eigenvalue weighted by molar-refractivity contribution is 7.99. The van der Waals surface area contributed by atoms with Crippen LogP contribution in [0.1, 0.15) is 5.56 Å². The lowest BCUT2D eigenvalue weighted by molar-refractivity contribution is -0.141. The first-order valence-corrected chi connectivity index (χ1v) is 10.6. The molecule has 2 aromatic heterocycles. The molecule has 0 saturated carbocycles. The Labute approximate surface area is 185 Å². The molecule has 9 nitrogen and oxygen atoms in total. The molecule has 4 aromatic rings. The molecule has 0 bridgehead atoms. The minimum absolute atomic E-state index is 0.0431. The maximum absolute atomic E-state index is 12.4. The Kier molecular flexibility index (Phi) is 6.19. The van der Waals surface area contributed by atoms with Crippen molar-refractivity contribution >= 4 is 46.1 Å². The molecular weight excluding hydrogens is 440 g/mol. The van der Waals surface area contributed by atoms with Crippen LogP contribution in [-0.2, 0) is 16.0 Å². The van der Waals surface area contributed by atoms with E-state index in [0.29, 0.717) is 15.9 Å². The second kappa shape index (κ2) is 9.19. The van der Waals surface area contributed by atoms with Gasteiger partial charge >= 0.3 is 5.97 Å². The smallest absolute Gasteiger partial charge is 0.326 e. The molecule has 0 fully saturated rings. The second-order valence-electron chi connectivity index (χ2n) is 6.66. The summed E-state index contributed by atoms with van der Waals surface area (Å²) in [4.78, 5) is 27.3. The molecule has 0 radical (unpaired) electrons. The first-order valence-electron chi connectivity index (χ1n) is 9.25. The minimum atomic E-state index is -1.10. The SMILES string of the molecule is O=C(CSc1nnnn1-c1cccc(Cl)c1)N[C@@H](Cc1c[nH]c2ccccc12)C(=O)O. The number of hydrogen-bond donors (Lipinski definition) is 3. The zero-order valence-electron chi connectivity index (χ0n) is 16.0. The van der Waals surface area contributed by atoms with Gasteiger partial charge in [-0.2, -0.15) is 4.68 Å². The van der Waals surface area contributed by atoms with Crippen molar-refractivity contribution < 1.29 is 14.7 Å². The molecule has 0 aliphatic rings. The summed E-state index contributed by atoms with van der Waals surface area (Å²) in [5.41, 5.74) is 2.39. The number of aromatic nitrogens is 5. The van der Waals surface area contributed by atoms with Gasteiger partial charge in [0.2, 0.25) is 11.1 Å². The van der Waals surface area contributed by atoms with Gasteiger partial charge in [0.15, 0.2) is 0 Å². The van der Waals surface area contributed by atoms with Crippen LogP contribution >= 0.6 is 23.4 Å². The van der Waals surface area contributed by atoms with Gasteiger partial charge in [-0.25, -0.2) is 4.79 Å². The molecule has 2 aromatic carbocycles. The van der Waals surface area contributed by atoms with E-state index in [4.69, 9.17) is 11.6 Å². The van der Waals surface area contributed by atoms with Crippen molar-refractivity contribution in [2.45, 2.75) is 17.6 Å². The number of H-pyrrole nitrogens is 1. The molecule has 3 N–H and O–H groups in total. The fraction of sp³-hybridized carbons (Fsp3) is 0.150. The van der Waals surface area contributed by atoms with Gasteiger partial charge in [-0.05, 0) is 40.3 Å². The molecule has 11 heteroatoms. The minimum Gasteiger partial charge on any atom is -0.480 e. The number of nitrogens with one attached hydrogen (secondary N) is 2. The molecule has 158 valence electrons. The van der Waals surface area contributed by atoms with Gasteiger partial charge in [-0.15, -0.1) is 5.10 Å². The highest BCUT2D eigenvalue weighted by Gasteiger charge is 2.22. The Morgan fingerprint density at radius 2 is 2.06 bits per heavy atom. The van der Waals surface area contributed by atoms with Gasteiger partial charge in [0.05, 0.1) is 11.4 Å². The number of carbonyl (C=O) groups is 2. The number of rotatable bonds is 8. The molecule has 0 aliphatic heterocycles. The number of thioether (sulfide) groups is 1. The fourth-order valence-electron chi connectivity index (χ4n) is 3.13. The summed E-state index contributed by atoms with van der Waals surface area (Å²) in [5, 5.41) is 25.5. The number of tetrazole rings is 1. The number of para-hydroxylation sites is 1. The van der Waals surface area contributed by atoms with Gasteiger partial charge in [-0.3, -0.25) is 4.79 Å². The Bertz CT molecular complexity index is 1240. The highest BCUT2D eigenvalue weighted by atomic mass is 35.5. The monoisotopic (exact) mass is 456 g/mol. The van der Waals surface area contributed by atoms with Crippen LogP contribution in [0.25, 0.3) is 16.6 Å². The van der Waals surface area contributed by atoms with Crippen LogP contribution in [0.5, 0.6) is 0 Å². The number of aliphatic carboxylic acids is 1. The predicted molar refractivity (Wildman–Crippen MR) is 116 cm³/mol. The summed E-state index contributed by atoms with van der Waals surface area (Å²) in [5.74, 6) is -1.58. The first kappa shape index (κ1) is 20.9. The number of carboxylic acid groups (broad SMARTS) is 1. The van der Waals surface area contributed by atoms with Gasteiger partial charge in [0, 0.05) is 28.5 Å². The van der Waals surface area contributed by atoms with Crippen LogP contribution in [0, 0.1) is 0 Å². The molecule has 0 spiro atoms. The topological polar surface area (TPSA) is 126 Å². The summed E-state index contributed by atoms with van der Waals surface area (Å²) in [6.45, 7) is 0. The summed E-state index contributed by atoms with van der Waals surface area (Å²) in [6.07, 6.45) is 1.93. The first-order chi connectivity index (χ1) is 15.0. The number of amides is 1. The molecule has 31 heavy (non-hydrogen) atoms. The highest BCUT2D eigenvalue weighted by Crippen LogP contribution is 2.21. The van der Waals surface area contributed by atoms with Gasteiger partial charge in [0.1, 0.15) is 6.04 Å². The molecular formula is C20H17ClN6O3S.